The number of benzene rings is 1. The van der Waals surface area contributed by atoms with Crippen molar-refractivity contribution in [2.75, 3.05) is 17.7 Å². The van der Waals surface area contributed by atoms with E-state index >= 15 is 0 Å². The fourth-order valence-electron chi connectivity index (χ4n) is 1.42. The first-order chi connectivity index (χ1) is 8.60. The summed E-state index contributed by atoms with van der Waals surface area (Å²) in [6, 6.07) is 8.36. The standard InChI is InChI=1S/C12H10Cl2FN3/c1-16-10-3-2-4-11(18-10)17-7-5-8(13)12(15)9(14)6-7/h2-6H,1H3,(H2,16,17,18). The van der Waals surface area contributed by atoms with Gasteiger partial charge in [-0.2, -0.15) is 0 Å². The molecule has 2 aromatic rings. The average molecular weight is 286 g/mol. The summed E-state index contributed by atoms with van der Waals surface area (Å²) in [5, 5.41) is 5.86. The Morgan fingerprint density at radius 2 is 1.72 bits per heavy atom. The van der Waals surface area contributed by atoms with Gasteiger partial charge in [0.15, 0.2) is 5.82 Å². The molecule has 3 nitrogen and oxygen atoms in total. The summed E-state index contributed by atoms with van der Waals surface area (Å²) < 4.78 is 13.3. The minimum atomic E-state index is -0.624. The third-order valence-electron chi connectivity index (χ3n) is 2.26. The van der Waals surface area contributed by atoms with E-state index in [1.165, 1.54) is 12.1 Å². The van der Waals surface area contributed by atoms with Crippen LogP contribution in [0.4, 0.5) is 21.7 Å². The molecular formula is C12H10Cl2FN3. The zero-order chi connectivity index (χ0) is 13.1. The molecule has 0 saturated heterocycles. The Labute approximate surface area is 114 Å². The highest BCUT2D eigenvalue weighted by atomic mass is 35.5. The van der Waals surface area contributed by atoms with Crippen molar-refractivity contribution < 1.29 is 4.39 Å². The number of hydrogen-bond acceptors (Lipinski definition) is 3. The van der Waals surface area contributed by atoms with E-state index < -0.39 is 5.82 Å². The van der Waals surface area contributed by atoms with Gasteiger partial charge in [0, 0.05) is 12.7 Å². The van der Waals surface area contributed by atoms with E-state index in [1.807, 2.05) is 12.1 Å². The van der Waals surface area contributed by atoms with Gasteiger partial charge in [0.05, 0.1) is 10.0 Å². The van der Waals surface area contributed by atoms with Crippen LogP contribution in [0.1, 0.15) is 0 Å². The van der Waals surface area contributed by atoms with Crippen molar-refractivity contribution in [3.63, 3.8) is 0 Å². The summed E-state index contributed by atoms with van der Waals surface area (Å²) in [5.41, 5.74) is 0.576. The van der Waals surface area contributed by atoms with E-state index in [-0.39, 0.29) is 10.0 Å². The molecule has 1 heterocycles. The molecule has 0 atom stereocenters. The van der Waals surface area contributed by atoms with Crippen LogP contribution >= 0.6 is 23.2 Å². The van der Waals surface area contributed by atoms with Gasteiger partial charge in [0.25, 0.3) is 0 Å². The van der Waals surface area contributed by atoms with Crippen LogP contribution < -0.4 is 10.6 Å². The highest BCUT2D eigenvalue weighted by Crippen LogP contribution is 2.28. The van der Waals surface area contributed by atoms with Gasteiger partial charge in [0.2, 0.25) is 0 Å². The van der Waals surface area contributed by atoms with Crippen LogP contribution in [0.5, 0.6) is 0 Å². The smallest absolute Gasteiger partial charge is 0.160 e. The molecule has 2 rings (SSSR count). The Kier molecular flexibility index (Phi) is 3.89. The Morgan fingerprint density at radius 3 is 2.33 bits per heavy atom. The summed E-state index contributed by atoms with van der Waals surface area (Å²) in [5.74, 6) is 0.709. The van der Waals surface area contributed by atoms with Gasteiger partial charge in [-0.05, 0) is 24.3 Å². The predicted molar refractivity (Wildman–Crippen MR) is 73.5 cm³/mol. The number of pyridine rings is 1. The summed E-state index contributed by atoms with van der Waals surface area (Å²) >= 11 is 11.4. The van der Waals surface area contributed by atoms with E-state index in [0.29, 0.717) is 11.5 Å². The molecule has 18 heavy (non-hydrogen) atoms. The molecule has 0 bridgehead atoms. The molecule has 0 amide bonds. The summed E-state index contributed by atoms with van der Waals surface area (Å²) in [6.45, 7) is 0. The fraction of sp³-hybridized carbons (Fsp3) is 0.0833. The van der Waals surface area contributed by atoms with Crippen LogP contribution in [0.25, 0.3) is 0 Å². The Balaban J connectivity index is 2.28. The van der Waals surface area contributed by atoms with Crippen LogP contribution in [0, 0.1) is 5.82 Å². The van der Waals surface area contributed by atoms with Crippen LogP contribution in [0.15, 0.2) is 30.3 Å². The molecule has 0 radical (unpaired) electrons. The first-order valence-electron chi connectivity index (χ1n) is 5.16. The lowest BCUT2D eigenvalue weighted by atomic mass is 10.3. The predicted octanol–water partition coefficient (Wildman–Crippen LogP) is 4.31. The molecule has 0 unspecified atom stereocenters. The molecule has 0 spiro atoms. The summed E-state index contributed by atoms with van der Waals surface area (Å²) in [6.07, 6.45) is 0. The molecule has 1 aromatic carbocycles. The highest BCUT2D eigenvalue weighted by Gasteiger charge is 2.08. The number of nitrogens with one attached hydrogen (secondary N) is 2. The van der Waals surface area contributed by atoms with E-state index in [4.69, 9.17) is 23.2 Å². The molecule has 1 aromatic heterocycles. The molecule has 0 fully saturated rings. The molecule has 0 aliphatic carbocycles. The molecule has 2 N–H and O–H groups in total. The lowest BCUT2D eigenvalue weighted by Crippen LogP contribution is -1.97. The third-order valence-corrected chi connectivity index (χ3v) is 2.81. The third kappa shape index (κ3) is 2.83. The second kappa shape index (κ2) is 5.42. The first kappa shape index (κ1) is 12.9. The maximum Gasteiger partial charge on any atom is 0.160 e. The minimum absolute atomic E-state index is 0.0326. The highest BCUT2D eigenvalue weighted by molar-refractivity contribution is 6.35. The van der Waals surface area contributed by atoms with Gasteiger partial charge in [-0.3, -0.25) is 0 Å². The second-order valence-corrected chi connectivity index (χ2v) is 4.35. The number of halogens is 3. The monoisotopic (exact) mass is 285 g/mol. The maximum atomic E-state index is 13.3. The van der Waals surface area contributed by atoms with Crippen molar-refractivity contribution >= 4 is 40.5 Å². The number of hydrogen-bond donors (Lipinski definition) is 2. The van der Waals surface area contributed by atoms with Gasteiger partial charge in [0.1, 0.15) is 11.6 Å². The van der Waals surface area contributed by atoms with Crippen molar-refractivity contribution in [2.24, 2.45) is 0 Å². The van der Waals surface area contributed by atoms with Crippen LogP contribution in [-0.2, 0) is 0 Å². The molecule has 0 aliphatic heterocycles. The summed E-state index contributed by atoms with van der Waals surface area (Å²) in [7, 11) is 1.78. The SMILES string of the molecule is CNc1cccc(Nc2cc(Cl)c(F)c(Cl)c2)n1. The number of aromatic nitrogens is 1. The molecule has 94 valence electrons. The zero-order valence-electron chi connectivity index (χ0n) is 9.47. The Morgan fingerprint density at radius 1 is 1.11 bits per heavy atom. The molecule has 0 saturated carbocycles. The van der Waals surface area contributed by atoms with E-state index in [0.717, 1.165) is 5.82 Å². The van der Waals surface area contributed by atoms with E-state index in [2.05, 4.69) is 15.6 Å². The summed E-state index contributed by atoms with van der Waals surface area (Å²) in [4.78, 5) is 4.27. The van der Waals surface area contributed by atoms with Crippen LogP contribution in [0.3, 0.4) is 0 Å². The van der Waals surface area contributed by atoms with Crippen LogP contribution in [-0.4, -0.2) is 12.0 Å². The Bertz CT molecular complexity index is 552. The normalized spacial score (nSPS) is 10.2. The number of anilines is 3. The molecule has 6 heteroatoms. The van der Waals surface area contributed by atoms with Crippen molar-refractivity contribution in [3.8, 4) is 0 Å². The van der Waals surface area contributed by atoms with Gasteiger partial charge >= 0.3 is 0 Å². The average Bonchev–Trinajstić information content (AvgIpc) is 2.36. The first-order valence-corrected chi connectivity index (χ1v) is 5.92. The van der Waals surface area contributed by atoms with E-state index in [1.54, 1.807) is 13.1 Å². The molecule has 0 aliphatic rings. The number of nitrogens with zero attached hydrogens (tertiary/aromatic N) is 1. The fourth-order valence-corrected chi connectivity index (χ4v) is 1.91. The zero-order valence-corrected chi connectivity index (χ0v) is 11.0. The molecular weight excluding hydrogens is 276 g/mol. The minimum Gasteiger partial charge on any atom is -0.373 e. The number of rotatable bonds is 3. The van der Waals surface area contributed by atoms with Gasteiger partial charge < -0.3 is 10.6 Å². The van der Waals surface area contributed by atoms with E-state index in [9.17, 15) is 4.39 Å². The lowest BCUT2D eigenvalue weighted by molar-refractivity contribution is 0.629. The van der Waals surface area contributed by atoms with Crippen molar-refractivity contribution in [1.82, 2.24) is 4.98 Å². The lowest BCUT2D eigenvalue weighted by Gasteiger charge is -2.08. The van der Waals surface area contributed by atoms with Crippen molar-refractivity contribution in [3.05, 3.63) is 46.2 Å². The van der Waals surface area contributed by atoms with Crippen molar-refractivity contribution in [1.29, 1.82) is 0 Å². The largest absolute Gasteiger partial charge is 0.373 e. The quantitative estimate of drug-likeness (QED) is 0.825. The Hall–Kier alpha value is -1.52. The van der Waals surface area contributed by atoms with Gasteiger partial charge in [-0.25, -0.2) is 9.37 Å². The topological polar surface area (TPSA) is 37.0 Å². The van der Waals surface area contributed by atoms with Gasteiger partial charge in [-0.15, -0.1) is 0 Å². The van der Waals surface area contributed by atoms with Gasteiger partial charge in [-0.1, -0.05) is 29.3 Å². The van der Waals surface area contributed by atoms with Crippen LogP contribution in [0.2, 0.25) is 10.0 Å². The second-order valence-electron chi connectivity index (χ2n) is 3.54. The maximum absolute atomic E-state index is 13.3. The van der Waals surface area contributed by atoms with Crippen molar-refractivity contribution in [2.45, 2.75) is 0 Å².